The van der Waals surface area contributed by atoms with Crippen LogP contribution in [0, 0.1) is 5.82 Å². The van der Waals surface area contributed by atoms with Gasteiger partial charge in [0.25, 0.3) is 0 Å². The van der Waals surface area contributed by atoms with Gasteiger partial charge in [-0.3, -0.25) is 0 Å². The highest BCUT2D eigenvalue weighted by Gasteiger charge is 2.20. The van der Waals surface area contributed by atoms with Crippen molar-refractivity contribution >= 4 is 10.0 Å². The van der Waals surface area contributed by atoms with E-state index in [9.17, 15) is 12.8 Å². The summed E-state index contributed by atoms with van der Waals surface area (Å²) in [5.74, 6) is 0.214. The molecule has 2 aromatic carbocycles. The molecule has 0 atom stereocenters. The summed E-state index contributed by atoms with van der Waals surface area (Å²) < 4.78 is 52.3. The first-order chi connectivity index (χ1) is 13.0. The van der Waals surface area contributed by atoms with Gasteiger partial charge in [-0.25, -0.2) is 17.5 Å². The predicted molar refractivity (Wildman–Crippen MR) is 98.7 cm³/mol. The van der Waals surface area contributed by atoms with Crippen molar-refractivity contribution in [3.63, 3.8) is 0 Å². The Morgan fingerprint density at radius 1 is 1.04 bits per heavy atom. The zero-order chi connectivity index (χ0) is 18.9. The van der Waals surface area contributed by atoms with E-state index in [1.54, 1.807) is 12.1 Å². The highest BCUT2D eigenvalue weighted by atomic mass is 32.2. The fraction of sp³-hybridized carbons (Fsp3) is 0.400. The molecule has 0 radical (unpaired) electrons. The van der Waals surface area contributed by atoms with Crippen molar-refractivity contribution < 1.29 is 22.3 Å². The number of sulfonamides is 1. The van der Waals surface area contributed by atoms with Gasteiger partial charge in [0.1, 0.15) is 11.6 Å². The summed E-state index contributed by atoms with van der Waals surface area (Å²) in [6.07, 6.45) is 4.52. The lowest BCUT2D eigenvalue weighted by Crippen LogP contribution is -2.26. The number of aryl methyl sites for hydroxylation is 2. The van der Waals surface area contributed by atoms with Gasteiger partial charge in [0.05, 0.1) is 11.5 Å². The van der Waals surface area contributed by atoms with Crippen LogP contribution in [0.2, 0.25) is 0 Å². The predicted octanol–water partition coefficient (Wildman–Crippen LogP) is 3.09. The van der Waals surface area contributed by atoms with Crippen LogP contribution in [0.3, 0.4) is 0 Å². The molecule has 0 fully saturated rings. The van der Waals surface area contributed by atoms with Crippen molar-refractivity contribution in [2.45, 2.75) is 43.6 Å². The highest BCUT2D eigenvalue weighted by molar-refractivity contribution is 7.89. The van der Waals surface area contributed by atoms with Crippen LogP contribution in [0.25, 0.3) is 0 Å². The normalized spacial score (nSPS) is 16.3. The van der Waals surface area contributed by atoms with Crippen LogP contribution in [0.4, 0.5) is 4.39 Å². The van der Waals surface area contributed by atoms with E-state index in [2.05, 4.69) is 4.72 Å². The molecule has 0 saturated heterocycles. The molecule has 0 saturated carbocycles. The molecule has 2 aromatic rings. The third kappa shape index (κ3) is 4.00. The Labute approximate surface area is 158 Å². The molecular formula is C20H22FNO4S. The molecule has 0 unspecified atom stereocenters. The standard InChI is InChI=1S/C20H22FNO4S/c21-18-9-16(20-17(10-18)12-25-13-26-20)7-8-22-27(23,24)19-6-5-14-3-1-2-4-15(14)11-19/h5-6,9-11,22H,1-4,7-8,12-13H2. The van der Waals surface area contributed by atoms with E-state index in [1.807, 2.05) is 6.07 Å². The van der Waals surface area contributed by atoms with Crippen molar-refractivity contribution in [2.75, 3.05) is 13.3 Å². The van der Waals surface area contributed by atoms with Gasteiger partial charge in [-0.05, 0) is 73.1 Å². The molecule has 27 heavy (non-hydrogen) atoms. The summed E-state index contributed by atoms with van der Waals surface area (Å²) in [6.45, 7) is 0.576. The molecular weight excluding hydrogens is 369 g/mol. The highest BCUT2D eigenvalue weighted by Crippen LogP contribution is 2.30. The Bertz CT molecular complexity index is 959. The molecule has 1 aliphatic carbocycles. The first-order valence-electron chi connectivity index (χ1n) is 9.16. The second-order valence-corrected chi connectivity index (χ2v) is 8.72. The van der Waals surface area contributed by atoms with Crippen LogP contribution in [-0.4, -0.2) is 21.8 Å². The molecule has 0 amide bonds. The average molecular weight is 391 g/mol. The van der Waals surface area contributed by atoms with Gasteiger partial charge in [0.15, 0.2) is 6.79 Å². The lowest BCUT2D eigenvalue weighted by molar-refractivity contribution is -0.0172. The first-order valence-corrected chi connectivity index (χ1v) is 10.6. The van der Waals surface area contributed by atoms with Crippen molar-refractivity contribution in [1.82, 2.24) is 4.72 Å². The van der Waals surface area contributed by atoms with Gasteiger partial charge in [-0.1, -0.05) is 6.07 Å². The Balaban J connectivity index is 1.47. The smallest absolute Gasteiger partial charge is 0.240 e. The quantitative estimate of drug-likeness (QED) is 0.851. The number of hydrogen-bond acceptors (Lipinski definition) is 4. The third-order valence-electron chi connectivity index (χ3n) is 5.07. The summed E-state index contributed by atoms with van der Waals surface area (Å²) in [6, 6.07) is 8.13. The van der Waals surface area contributed by atoms with E-state index in [4.69, 9.17) is 9.47 Å². The maximum atomic E-state index is 13.8. The summed E-state index contributed by atoms with van der Waals surface area (Å²) in [7, 11) is -3.60. The number of ether oxygens (including phenoxy) is 2. The van der Waals surface area contributed by atoms with Gasteiger partial charge < -0.3 is 9.47 Å². The van der Waals surface area contributed by atoms with Gasteiger partial charge in [0.2, 0.25) is 10.0 Å². The van der Waals surface area contributed by atoms with Gasteiger partial charge >= 0.3 is 0 Å². The van der Waals surface area contributed by atoms with Crippen molar-refractivity contribution in [1.29, 1.82) is 0 Å². The Kier molecular flexibility index (Phi) is 5.16. The molecule has 0 bridgehead atoms. The fourth-order valence-corrected chi connectivity index (χ4v) is 4.80. The summed E-state index contributed by atoms with van der Waals surface area (Å²) in [5.41, 5.74) is 3.65. The lowest BCUT2D eigenvalue weighted by atomic mass is 9.92. The molecule has 1 aliphatic heterocycles. The van der Waals surface area contributed by atoms with Crippen LogP contribution < -0.4 is 9.46 Å². The van der Waals surface area contributed by atoms with E-state index in [0.717, 1.165) is 31.2 Å². The average Bonchev–Trinajstić information content (AvgIpc) is 2.67. The Morgan fingerprint density at radius 2 is 1.85 bits per heavy atom. The van der Waals surface area contributed by atoms with Crippen LogP contribution in [0.5, 0.6) is 5.75 Å². The second kappa shape index (κ2) is 7.58. The van der Waals surface area contributed by atoms with E-state index < -0.39 is 10.0 Å². The Hall–Kier alpha value is -1.96. The molecule has 1 heterocycles. The number of hydrogen-bond donors (Lipinski definition) is 1. The minimum absolute atomic E-state index is 0.118. The summed E-state index contributed by atoms with van der Waals surface area (Å²) in [5, 5.41) is 0. The van der Waals surface area contributed by atoms with E-state index in [1.165, 1.54) is 17.7 Å². The molecule has 2 aliphatic rings. The summed E-state index contributed by atoms with van der Waals surface area (Å²) in [4.78, 5) is 0.286. The SMILES string of the molecule is O=S(=O)(NCCc1cc(F)cc2c1OCOC2)c1ccc2c(c1)CCCC2. The van der Waals surface area contributed by atoms with Gasteiger partial charge in [-0.2, -0.15) is 0 Å². The Morgan fingerprint density at radius 3 is 2.70 bits per heavy atom. The molecule has 0 aromatic heterocycles. The maximum absolute atomic E-state index is 13.8. The van der Waals surface area contributed by atoms with E-state index in [-0.39, 0.29) is 24.1 Å². The van der Waals surface area contributed by atoms with Crippen LogP contribution in [0.15, 0.2) is 35.2 Å². The van der Waals surface area contributed by atoms with Crippen LogP contribution >= 0.6 is 0 Å². The van der Waals surface area contributed by atoms with Crippen LogP contribution in [0.1, 0.15) is 35.1 Å². The number of fused-ring (bicyclic) bond motifs is 2. The van der Waals surface area contributed by atoms with Crippen molar-refractivity contribution in [2.24, 2.45) is 0 Å². The molecule has 7 heteroatoms. The zero-order valence-electron chi connectivity index (χ0n) is 15.0. The largest absolute Gasteiger partial charge is 0.467 e. The van der Waals surface area contributed by atoms with Crippen molar-refractivity contribution in [3.8, 4) is 5.75 Å². The number of rotatable bonds is 5. The van der Waals surface area contributed by atoms with Crippen molar-refractivity contribution in [3.05, 3.63) is 58.4 Å². The minimum Gasteiger partial charge on any atom is -0.467 e. The third-order valence-corrected chi connectivity index (χ3v) is 6.53. The monoisotopic (exact) mass is 391 g/mol. The fourth-order valence-electron chi connectivity index (χ4n) is 3.72. The number of nitrogens with one attached hydrogen (secondary N) is 1. The van der Waals surface area contributed by atoms with E-state index >= 15 is 0 Å². The molecule has 4 rings (SSSR count). The minimum atomic E-state index is -3.60. The molecule has 1 N–H and O–H groups in total. The number of benzene rings is 2. The maximum Gasteiger partial charge on any atom is 0.240 e. The van der Waals surface area contributed by atoms with Gasteiger partial charge in [0, 0.05) is 12.1 Å². The first kappa shape index (κ1) is 18.4. The molecule has 144 valence electrons. The zero-order valence-corrected chi connectivity index (χ0v) is 15.8. The van der Waals surface area contributed by atoms with Gasteiger partial charge in [-0.15, -0.1) is 0 Å². The molecule has 5 nitrogen and oxygen atoms in total. The lowest BCUT2D eigenvalue weighted by Gasteiger charge is -2.21. The second-order valence-electron chi connectivity index (χ2n) is 6.95. The van der Waals surface area contributed by atoms with Crippen LogP contribution in [-0.2, 0) is 40.6 Å². The van der Waals surface area contributed by atoms with E-state index in [0.29, 0.717) is 29.9 Å². The molecule has 0 spiro atoms. The number of halogens is 1. The topological polar surface area (TPSA) is 64.6 Å². The summed E-state index contributed by atoms with van der Waals surface area (Å²) >= 11 is 0.